The summed E-state index contributed by atoms with van der Waals surface area (Å²) in [5.74, 6) is 0.223. The summed E-state index contributed by atoms with van der Waals surface area (Å²) in [7, 11) is 0. The van der Waals surface area contributed by atoms with Gasteiger partial charge < -0.3 is 5.32 Å². The average Bonchev–Trinajstić information content (AvgIpc) is 2.91. The second kappa shape index (κ2) is 4.86. The van der Waals surface area contributed by atoms with Crippen molar-refractivity contribution in [2.24, 2.45) is 0 Å². The van der Waals surface area contributed by atoms with E-state index in [4.69, 9.17) is 0 Å². The number of nitrogens with zero attached hydrogens (tertiary/aromatic N) is 3. The molecule has 0 saturated heterocycles. The molecule has 8 heteroatoms. The molecule has 0 radical (unpaired) electrons. The highest BCUT2D eigenvalue weighted by atomic mass is 79.9. The standard InChI is InChI=1S/C11H9BrN4O2S/c12-6-4-8(16(17)18)10(13-5-6)15-11-14-7-2-1-3-9(7)19-11/h4-5H,1-3H2,(H,13,14,15). The van der Waals surface area contributed by atoms with E-state index in [1.807, 2.05) is 0 Å². The van der Waals surface area contributed by atoms with Gasteiger partial charge in [0, 0.05) is 21.6 Å². The van der Waals surface area contributed by atoms with Crippen LogP contribution in [0.1, 0.15) is 17.0 Å². The highest BCUT2D eigenvalue weighted by Gasteiger charge is 2.20. The number of rotatable bonds is 3. The molecule has 0 aromatic carbocycles. The van der Waals surface area contributed by atoms with Gasteiger partial charge in [-0.1, -0.05) is 0 Å². The Kier molecular flexibility index (Phi) is 3.19. The fourth-order valence-corrected chi connectivity index (χ4v) is 3.38. The molecule has 6 nitrogen and oxygen atoms in total. The van der Waals surface area contributed by atoms with E-state index in [1.54, 1.807) is 11.3 Å². The van der Waals surface area contributed by atoms with Gasteiger partial charge in [-0.15, -0.1) is 11.3 Å². The molecule has 0 fully saturated rings. The third-order valence-corrected chi connectivity index (χ3v) is 4.36. The third-order valence-electron chi connectivity index (χ3n) is 2.85. The second-order valence-electron chi connectivity index (χ2n) is 4.15. The molecule has 0 saturated carbocycles. The van der Waals surface area contributed by atoms with Gasteiger partial charge >= 0.3 is 5.69 Å². The highest BCUT2D eigenvalue weighted by Crippen LogP contribution is 2.34. The van der Waals surface area contributed by atoms with Gasteiger partial charge in [-0.2, -0.15) is 0 Å². The minimum Gasteiger partial charge on any atom is -0.310 e. The van der Waals surface area contributed by atoms with Crippen molar-refractivity contribution in [3.05, 3.63) is 37.4 Å². The summed E-state index contributed by atoms with van der Waals surface area (Å²) >= 11 is 4.72. The number of hydrogen-bond acceptors (Lipinski definition) is 6. The van der Waals surface area contributed by atoms with Crippen molar-refractivity contribution in [1.29, 1.82) is 0 Å². The quantitative estimate of drug-likeness (QED) is 0.683. The van der Waals surface area contributed by atoms with Crippen LogP contribution < -0.4 is 5.32 Å². The van der Waals surface area contributed by atoms with Crippen LogP contribution in [0.5, 0.6) is 0 Å². The number of anilines is 2. The molecule has 2 heterocycles. The summed E-state index contributed by atoms with van der Waals surface area (Å²) in [4.78, 5) is 20.3. The summed E-state index contributed by atoms with van der Waals surface area (Å²) in [5, 5.41) is 14.6. The van der Waals surface area contributed by atoms with E-state index >= 15 is 0 Å². The molecule has 3 rings (SSSR count). The highest BCUT2D eigenvalue weighted by molar-refractivity contribution is 9.10. The molecule has 98 valence electrons. The summed E-state index contributed by atoms with van der Waals surface area (Å²) in [5.41, 5.74) is 1.04. The number of nitro groups is 1. The summed E-state index contributed by atoms with van der Waals surface area (Å²) < 4.78 is 0.575. The summed E-state index contributed by atoms with van der Waals surface area (Å²) in [6, 6.07) is 1.43. The largest absolute Gasteiger partial charge is 0.312 e. The van der Waals surface area contributed by atoms with E-state index in [-0.39, 0.29) is 11.5 Å². The number of pyridine rings is 1. The van der Waals surface area contributed by atoms with E-state index in [1.165, 1.54) is 17.1 Å². The normalized spacial score (nSPS) is 13.3. The van der Waals surface area contributed by atoms with Crippen molar-refractivity contribution >= 4 is 43.9 Å². The fourth-order valence-electron chi connectivity index (χ4n) is 2.01. The number of hydrogen-bond donors (Lipinski definition) is 1. The summed E-state index contributed by atoms with van der Waals surface area (Å²) in [6.45, 7) is 0. The predicted molar refractivity (Wildman–Crippen MR) is 76.0 cm³/mol. The lowest BCUT2D eigenvalue weighted by atomic mass is 10.4. The molecule has 0 unspecified atom stereocenters. The van der Waals surface area contributed by atoms with Crippen molar-refractivity contribution in [3.63, 3.8) is 0 Å². The van der Waals surface area contributed by atoms with Crippen LogP contribution in [0.4, 0.5) is 16.6 Å². The number of fused-ring (bicyclic) bond motifs is 1. The fraction of sp³-hybridized carbons (Fsp3) is 0.273. The summed E-state index contributed by atoms with van der Waals surface area (Å²) in [6.07, 6.45) is 4.70. The van der Waals surface area contributed by atoms with E-state index in [0.29, 0.717) is 9.60 Å². The topological polar surface area (TPSA) is 81.0 Å². The smallest absolute Gasteiger partial charge is 0.310 e. The maximum atomic E-state index is 11.0. The van der Waals surface area contributed by atoms with Crippen molar-refractivity contribution in [1.82, 2.24) is 9.97 Å². The van der Waals surface area contributed by atoms with Crippen LogP contribution in [0, 0.1) is 10.1 Å². The number of aromatic nitrogens is 2. The van der Waals surface area contributed by atoms with Crippen LogP contribution >= 0.6 is 27.3 Å². The van der Waals surface area contributed by atoms with Gasteiger partial charge in [0.1, 0.15) is 0 Å². The first-order chi connectivity index (χ1) is 9.13. The van der Waals surface area contributed by atoms with Crippen LogP contribution in [-0.4, -0.2) is 14.9 Å². The molecule has 0 aliphatic heterocycles. The van der Waals surface area contributed by atoms with Gasteiger partial charge in [0.2, 0.25) is 5.82 Å². The number of thiazole rings is 1. The Balaban J connectivity index is 1.92. The minimum atomic E-state index is -0.457. The van der Waals surface area contributed by atoms with Crippen LogP contribution in [0.15, 0.2) is 16.7 Å². The lowest BCUT2D eigenvalue weighted by Crippen LogP contribution is -1.99. The maximum Gasteiger partial charge on any atom is 0.312 e. The Hall–Kier alpha value is -1.54. The molecule has 0 bridgehead atoms. The average molecular weight is 341 g/mol. The Morgan fingerprint density at radius 3 is 3.05 bits per heavy atom. The molecule has 1 N–H and O–H groups in total. The number of nitrogens with one attached hydrogen (secondary N) is 1. The number of aryl methyl sites for hydroxylation is 2. The zero-order valence-corrected chi connectivity index (χ0v) is 12.1. The van der Waals surface area contributed by atoms with Crippen LogP contribution in [0.3, 0.4) is 0 Å². The van der Waals surface area contributed by atoms with Gasteiger partial charge in [0.15, 0.2) is 5.13 Å². The van der Waals surface area contributed by atoms with Crippen molar-refractivity contribution in [2.45, 2.75) is 19.3 Å². The Bertz CT molecular complexity index is 637. The molecule has 2 aromatic rings. The Morgan fingerprint density at radius 2 is 2.32 bits per heavy atom. The zero-order valence-electron chi connectivity index (χ0n) is 9.72. The van der Waals surface area contributed by atoms with E-state index in [2.05, 4.69) is 31.2 Å². The second-order valence-corrected chi connectivity index (χ2v) is 6.15. The third kappa shape index (κ3) is 2.45. The van der Waals surface area contributed by atoms with E-state index < -0.39 is 4.92 Å². The molecule has 1 aliphatic carbocycles. The lowest BCUT2D eigenvalue weighted by molar-refractivity contribution is -0.384. The SMILES string of the molecule is O=[N+]([O-])c1cc(Br)cnc1Nc1nc2c(s1)CCC2. The molecule has 0 amide bonds. The molecular formula is C11H9BrN4O2S. The van der Waals surface area contributed by atoms with Crippen molar-refractivity contribution < 1.29 is 4.92 Å². The maximum absolute atomic E-state index is 11.0. The predicted octanol–water partition coefficient (Wildman–Crippen LogP) is 3.44. The zero-order chi connectivity index (χ0) is 13.4. The first-order valence-corrected chi connectivity index (χ1v) is 7.30. The lowest BCUT2D eigenvalue weighted by Gasteiger charge is -2.03. The van der Waals surface area contributed by atoms with Crippen LogP contribution in [0.2, 0.25) is 0 Å². The van der Waals surface area contributed by atoms with E-state index in [9.17, 15) is 10.1 Å². The van der Waals surface area contributed by atoms with Gasteiger partial charge in [0.25, 0.3) is 0 Å². The number of halogens is 1. The Morgan fingerprint density at radius 1 is 1.47 bits per heavy atom. The van der Waals surface area contributed by atoms with Crippen LogP contribution in [-0.2, 0) is 12.8 Å². The van der Waals surface area contributed by atoms with Crippen LogP contribution in [0.25, 0.3) is 0 Å². The van der Waals surface area contributed by atoms with Crippen molar-refractivity contribution in [3.8, 4) is 0 Å². The van der Waals surface area contributed by atoms with E-state index in [0.717, 1.165) is 25.0 Å². The van der Waals surface area contributed by atoms with Gasteiger partial charge in [0.05, 0.1) is 10.6 Å². The molecule has 19 heavy (non-hydrogen) atoms. The van der Waals surface area contributed by atoms with Gasteiger partial charge in [-0.3, -0.25) is 10.1 Å². The molecule has 2 aromatic heterocycles. The molecule has 0 spiro atoms. The monoisotopic (exact) mass is 340 g/mol. The molecular weight excluding hydrogens is 332 g/mol. The molecule has 0 atom stereocenters. The first kappa shape index (κ1) is 12.5. The first-order valence-electron chi connectivity index (χ1n) is 5.69. The van der Waals surface area contributed by atoms with Gasteiger partial charge in [-0.05, 0) is 35.2 Å². The Labute approximate surface area is 121 Å². The molecule has 1 aliphatic rings. The van der Waals surface area contributed by atoms with Crippen molar-refractivity contribution in [2.75, 3.05) is 5.32 Å². The van der Waals surface area contributed by atoms with Gasteiger partial charge in [-0.25, -0.2) is 9.97 Å². The minimum absolute atomic E-state index is 0.0651.